The molecule has 4 nitrogen and oxygen atoms in total. The lowest BCUT2D eigenvalue weighted by molar-refractivity contribution is -0.118. The van der Waals surface area contributed by atoms with E-state index >= 15 is 0 Å². The van der Waals surface area contributed by atoms with E-state index in [-0.39, 0.29) is 0 Å². The predicted octanol–water partition coefficient (Wildman–Crippen LogP) is 1.75. The van der Waals surface area contributed by atoms with E-state index in [1.165, 1.54) is 12.8 Å². The second-order valence-corrected chi connectivity index (χ2v) is 5.01. The molecular weight excluding hydrogens is 214 g/mol. The van der Waals surface area contributed by atoms with Crippen LogP contribution in [0, 0.1) is 0 Å². The number of aryl methyl sites for hydroxylation is 1. The van der Waals surface area contributed by atoms with E-state index in [0.29, 0.717) is 18.2 Å². The summed E-state index contributed by atoms with van der Waals surface area (Å²) in [6, 6.07) is 2.47. The van der Waals surface area contributed by atoms with Gasteiger partial charge in [-0.15, -0.1) is 0 Å². The summed E-state index contributed by atoms with van der Waals surface area (Å²) in [4.78, 5) is 13.7. The second-order valence-electron chi connectivity index (χ2n) is 5.01. The topological polar surface area (TPSA) is 38.1 Å². The average Bonchev–Trinajstić information content (AvgIpc) is 2.66. The summed E-state index contributed by atoms with van der Waals surface area (Å²) in [5.41, 5.74) is 1.10. The lowest BCUT2D eigenvalue weighted by atomic mass is 9.97. The Labute approximate surface area is 103 Å². The second kappa shape index (κ2) is 5.45. The molecule has 1 atom stereocenters. The van der Waals surface area contributed by atoms with Crippen LogP contribution in [0.4, 0.5) is 0 Å². The average molecular weight is 235 g/mol. The molecule has 0 spiro atoms. The van der Waals surface area contributed by atoms with Crippen molar-refractivity contribution >= 4 is 5.78 Å². The maximum atomic E-state index is 11.3. The van der Waals surface area contributed by atoms with Crippen LogP contribution in [0.25, 0.3) is 0 Å². The van der Waals surface area contributed by atoms with Gasteiger partial charge in [-0.05, 0) is 32.4 Å². The number of aromatic nitrogens is 2. The Bertz CT molecular complexity index is 386. The van der Waals surface area contributed by atoms with Gasteiger partial charge in [-0.2, -0.15) is 5.10 Å². The number of nitrogens with zero attached hydrogens (tertiary/aromatic N) is 3. The van der Waals surface area contributed by atoms with E-state index in [9.17, 15) is 4.79 Å². The lowest BCUT2D eigenvalue weighted by Gasteiger charge is -2.34. The van der Waals surface area contributed by atoms with Crippen molar-refractivity contribution in [3.8, 4) is 0 Å². The van der Waals surface area contributed by atoms with Crippen LogP contribution in [0.5, 0.6) is 0 Å². The number of hydrogen-bond acceptors (Lipinski definition) is 3. The number of hydrogen-bond donors (Lipinski definition) is 0. The minimum absolute atomic E-state index is 0.294. The fourth-order valence-corrected chi connectivity index (χ4v) is 2.59. The zero-order valence-corrected chi connectivity index (χ0v) is 10.7. The van der Waals surface area contributed by atoms with Crippen LogP contribution < -0.4 is 0 Å². The number of ketones is 1. The smallest absolute Gasteiger partial charge is 0.131 e. The van der Waals surface area contributed by atoms with Gasteiger partial charge in [-0.1, -0.05) is 6.42 Å². The SMILES string of the molecule is CC(=O)CC1CCCCN1Cc1ccn(C)n1. The van der Waals surface area contributed by atoms with Crippen LogP contribution in [0.3, 0.4) is 0 Å². The molecule has 0 bridgehead atoms. The van der Waals surface area contributed by atoms with Crippen molar-refractivity contribution < 1.29 is 4.79 Å². The first-order chi connectivity index (χ1) is 8.15. The molecule has 1 fully saturated rings. The van der Waals surface area contributed by atoms with Gasteiger partial charge >= 0.3 is 0 Å². The summed E-state index contributed by atoms with van der Waals surface area (Å²) in [7, 11) is 1.94. The minimum atomic E-state index is 0.294. The molecule has 2 heterocycles. The highest BCUT2D eigenvalue weighted by Crippen LogP contribution is 2.21. The molecule has 1 saturated heterocycles. The van der Waals surface area contributed by atoms with Gasteiger partial charge in [0.05, 0.1) is 5.69 Å². The first kappa shape index (κ1) is 12.3. The number of rotatable bonds is 4. The molecule has 0 saturated carbocycles. The van der Waals surface area contributed by atoms with E-state index in [1.54, 1.807) is 6.92 Å². The Kier molecular flexibility index (Phi) is 3.94. The third-order valence-corrected chi connectivity index (χ3v) is 3.41. The van der Waals surface area contributed by atoms with Crippen LogP contribution in [-0.4, -0.2) is 33.1 Å². The van der Waals surface area contributed by atoms with Crippen molar-refractivity contribution in [3.05, 3.63) is 18.0 Å². The van der Waals surface area contributed by atoms with Crippen LogP contribution in [0.1, 0.15) is 38.3 Å². The zero-order chi connectivity index (χ0) is 12.3. The van der Waals surface area contributed by atoms with Gasteiger partial charge in [0, 0.05) is 32.3 Å². The molecule has 17 heavy (non-hydrogen) atoms. The number of carbonyl (C=O) groups excluding carboxylic acids is 1. The number of Topliss-reactive ketones (excluding diaryl/α,β-unsaturated/α-hetero) is 1. The lowest BCUT2D eigenvalue weighted by Crippen LogP contribution is -2.40. The fraction of sp³-hybridized carbons (Fsp3) is 0.692. The Balaban J connectivity index is 1.98. The summed E-state index contributed by atoms with van der Waals surface area (Å²) in [6.07, 6.45) is 6.29. The van der Waals surface area contributed by atoms with Crippen molar-refractivity contribution in [1.82, 2.24) is 14.7 Å². The van der Waals surface area contributed by atoms with E-state index in [1.807, 2.05) is 17.9 Å². The van der Waals surface area contributed by atoms with Gasteiger partial charge < -0.3 is 0 Å². The maximum absolute atomic E-state index is 11.3. The summed E-state index contributed by atoms with van der Waals surface area (Å²) in [6.45, 7) is 3.65. The zero-order valence-electron chi connectivity index (χ0n) is 10.7. The summed E-state index contributed by atoms with van der Waals surface area (Å²) in [5, 5.41) is 4.41. The van der Waals surface area contributed by atoms with Gasteiger partial charge in [0.15, 0.2) is 0 Å². The molecule has 0 aromatic carbocycles. The minimum Gasteiger partial charge on any atom is -0.300 e. The Morgan fingerprint density at radius 1 is 1.53 bits per heavy atom. The van der Waals surface area contributed by atoms with Gasteiger partial charge in [0.2, 0.25) is 0 Å². The first-order valence-corrected chi connectivity index (χ1v) is 6.37. The van der Waals surface area contributed by atoms with Crippen LogP contribution in [0.15, 0.2) is 12.3 Å². The van der Waals surface area contributed by atoms with Gasteiger partial charge in [-0.25, -0.2) is 0 Å². The highest BCUT2D eigenvalue weighted by Gasteiger charge is 2.23. The van der Waals surface area contributed by atoms with E-state index in [0.717, 1.165) is 25.2 Å². The van der Waals surface area contributed by atoms with E-state index in [4.69, 9.17) is 0 Å². The standard InChI is InChI=1S/C13H21N3O/c1-11(17)9-13-5-3-4-7-16(13)10-12-6-8-15(2)14-12/h6,8,13H,3-5,7,9-10H2,1-2H3. The Morgan fingerprint density at radius 3 is 3.00 bits per heavy atom. The molecule has 4 heteroatoms. The normalized spacial score (nSPS) is 21.6. The molecule has 2 rings (SSSR count). The number of piperidine rings is 1. The van der Waals surface area contributed by atoms with Gasteiger partial charge in [0.25, 0.3) is 0 Å². The number of carbonyl (C=O) groups is 1. The molecule has 0 aliphatic carbocycles. The third-order valence-electron chi connectivity index (χ3n) is 3.41. The molecule has 1 aliphatic rings. The highest BCUT2D eigenvalue weighted by atomic mass is 16.1. The molecule has 0 radical (unpaired) electrons. The van der Waals surface area contributed by atoms with E-state index < -0.39 is 0 Å². The fourth-order valence-electron chi connectivity index (χ4n) is 2.59. The Hall–Kier alpha value is -1.16. The van der Waals surface area contributed by atoms with Crippen molar-refractivity contribution in [2.24, 2.45) is 7.05 Å². The summed E-state index contributed by atoms with van der Waals surface area (Å²) >= 11 is 0. The van der Waals surface area contributed by atoms with Crippen LogP contribution >= 0.6 is 0 Å². The molecular formula is C13H21N3O. The Morgan fingerprint density at radius 2 is 2.35 bits per heavy atom. The molecule has 94 valence electrons. The summed E-state index contributed by atoms with van der Waals surface area (Å²) in [5.74, 6) is 0.294. The van der Waals surface area contributed by atoms with Gasteiger partial charge in [0.1, 0.15) is 5.78 Å². The van der Waals surface area contributed by atoms with Crippen molar-refractivity contribution in [2.45, 2.75) is 45.2 Å². The van der Waals surface area contributed by atoms with Gasteiger partial charge in [-0.3, -0.25) is 14.4 Å². The van der Waals surface area contributed by atoms with Crippen LogP contribution in [0.2, 0.25) is 0 Å². The van der Waals surface area contributed by atoms with Crippen LogP contribution in [-0.2, 0) is 18.4 Å². The molecule has 1 aliphatic heterocycles. The van der Waals surface area contributed by atoms with Crippen molar-refractivity contribution in [3.63, 3.8) is 0 Å². The molecule has 1 unspecified atom stereocenters. The quantitative estimate of drug-likeness (QED) is 0.798. The molecule has 0 amide bonds. The van der Waals surface area contributed by atoms with Crippen molar-refractivity contribution in [1.29, 1.82) is 0 Å². The maximum Gasteiger partial charge on any atom is 0.131 e. The highest BCUT2D eigenvalue weighted by molar-refractivity contribution is 5.76. The van der Waals surface area contributed by atoms with Crippen molar-refractivity contribution in [2.75, 3.05) is 6.54 Å². The monoisotopic (exact) mass is 235 g/mol. The number of likely N-dealkylation sites (tertiary alicyclic amines) is 1. The largest absolute Gasteiger partial charge is 0.300 e. The third kappa shape index (κ3) is 3.40. The van der Waals surface area contributed by atoms with E-state index in [2.05, 4.69) is 16.1 Å². The first-order valence-electron chi connectivity index (χ1n) is 6.37. The molecule has 1 aromatic rings. The summed E-state index contributed by atoms with van der Waals surface area (Å²) < 4.78 is 1.83. The molecule has 0 N–H and O–H groups in total. The predicted molar refractivity (Wildman–Crippen MR) is 66.6 cm³/mol. The molecule has 1 aromatic heterocycles.